The maximum Gasteiger partial charge on any atom is 0.336 e. The molecule has 0 aliphatic carbocycles. The number of nitrogens with zero attached hydrogens (tertiary/aromatic N) is 1. The van der Waals surface area contributed by atoms with E-state index in [4.69, 9.17) is 15.9 Å². The lowest BCUT2D eigenvalue weighted by atomic mass is 9.89. The van der Waals surface area contributed by atoms with Gasteiger partial charge >= 0.3 is 5.97 Å². The van der Waals surface area contributed by atoms with E-state index >= 15 is 0 Å². The van der Waals surface area contributed by atoms with Gasteiger partial charge in [0.25, 0.3) is 5.91 Å². The molecule has 0 spiro atoms. The van der Waals surface area contributed by atoms with Crippen molar-refractivity contribution in [3.63, 3.8) is 0 Å². The highest BCUT2D eigenvalue weighted by Crippen LogP contribution is 2.41. The van der Waals surface area contributed by atoms with Gasteiger partial charge in [0.1, 0.15) is 5.37 Å². The van der Waals surface area contributed by atoms with Crippen LogP contribution in [0.1, 0.15) is 0 Å². The number of hydrogen-bond acceptors (Lipinski definition) is 5. The molecule has 0 aromatic rings. The molecule has 7 heteroatoms. The number of carbonyl (C=O) groups excluding carboxylic acids is 1. The van der Waals surface area contributed by atoms with E-state index in [-0.39, 0.29) is 6.61 Å². The second-order valence-electron chi connectivity index (χ2n) is 3.50. The van der Waals surface area contributed by atoms with E-state index in [0.29, 0.717) is 11.3 Å². The average molecular weight is 230 g/mol. The van der Waals surface area contributed by atoms with Gasteiger partial charge in [-0.25, -0.2) is 4.79 Å². The normalized spacial score (nSPS) is 34.3. The van der Waals surface area contributed by atoms with Crippen LogP contribution in [-0.4, -0.2) is 50.3 Å². The van der Waals surface area contributed by atoms with Crippen molar-refractivity contribution in [1.29, 1.82) is 0 Å². The van der Waals surface area contributed by atoms with E-state index in [0.717, 1.165) is 0 Å². The second kappa shape index (κ2) is 3.22. The standard InChI is InChI=1S/C8H10N2O4S/c9-8(7(13)14)5(12)10-1-4(2-11)3-15-6(8)10/h1,6,11H,2-3,9H2,(H,13,14)/t6-,8+/m0/s1. The zero-order chi connectivity index (χ0) is 11.2. The minimum Gasteiger partial charge on any atom is -0.479 e. The molecule has 15 heavy (non-hydrogen) atoms. The van der Waals surface area contributed by atoms with Crippen molar-refractivity contribution in [3.8, 4) is 0 Å². The molecule has 1 fully saturated rings. The predicted molar refractivity (Wildman–Crippen MR) is 52.8 cm³/mol. The van der Waals surface area contributed by atoms with Gasteiger partial charge in [0, 0.05) is 12.0 Å². The second-order valence-corrected chi connectivity index (χ2v) is 4.56. The Morgan fingerprint density at radius 2 is 2.47 bits per heavy atom. The highest BCUT2D eigenvalue weighted by Gasteiger charge is 2.64. The number of thioether (sulfide) groups is 1. The van der Waals surface area contributed by atoms with Crippen LogP contribution in [0.3, 0.4) is 0 Å². The molecule has 2 aliphatic heterocycles. The lowest BCUT2D eigenvalue weighted by molar-refractivity contribution is -0.164. The van der Waals surface area contributed by atoms with E-state index < -0.39 is 22.8 Å². The molecule has 6 nitrogen and oxygen atoms in total. The zero-order valence-corrected chi connectivity index (χ0v) is 8.53. The molecule has 2 atom stereocenters. The maximum atomic E-state index is 11.5. The summed E-state index contributed by atoms with van der Waals surface area (Å²) in [5.74, 6) is -1.43. The Morgan fingerprint density at radius 3 is 3.00 bits per heavy atom. The molecule has 2 rings (SSSR count). The number of aliphatic hydroxyl groups excluding tert-OH is 1. The maximum absolute atomic E-state index is 11.5. The molecule has 0 radical (unpaired) electrons. The van der Waals surface area contributed by atoms with Gasteiger partial charge in [-0.3, -0.25) is 4.79 Å². The van der Waals surface area contributed by atoms with Crippen molar-refractivity contribution in [2.24, 2.45) is 5.73 Å². The van der Waals surface area contributed by atoms with Crippen LogP contribution in [0.5, 0.6) is 0 Å². The van der Waals surface area contributed by atoms with Crippen molar-refractivity contribution in [2.75, 3.05) is 12.4 Å². The van der Waals surface area contributed by atoms with Gasteiger partial charge in [0.05, 0.1) is 6.61 Å². The van der Waals surface area contributed by atoms with Crippen molar-refractivity contribution in [3.05, 3.63) is 11.8 Å². The molecule has 2 aliphatic rings. The number of nitrogens with two attached hydrogens (primary N) is 1. The highest BCUT2D eigenvalue weighted by molar-refractivity contribution is 8.00. The zero-order valence-electron chi connectivity index (χ0n) is 7.71. The van der Waals surface area contributed by atoms with E-state index in [1.807, 2.05) is 0 Å². The molecule has 1 saturated heterocycles. The number of amides is 1. The molecule has 0 aromatic heterocycles. The van der Waals surface area contributed by atoms with E-state index in [2.05, 4.69) is 0 Å². The number of carboxylic acid groups (broad SMARTS) is 1. The predicted octanol–water partition coefficient (Wildman–Crippen LogP) is -1.44. The van der Waals surface area contributed by atoms with Gasteiger partial charge < -0.3 is 20.8 Å². The summed E-state index contributed by atoms with van der Waals surface area (Å²) >= 11 is 1.26. The van der Waals surface area contributed by atoms with Crippen molar-refractivity contribution in [1.82, 2.24) is 4.90 Å². The van der Waals surface area contributed by atoms with E-state index in [9.17, 15) is 9.59 Å². The third-order valence-corrected chi connectivity index (χ3v) is 3.99. The summed E-state index contributed by atoms with van der Waals surface area (Å²) in [7, 11) is 0. The smallest absolute Gasteiger partial charge is 0.336 e. The number of carbonyl (C=O) groups is 2. The Hall–Kier alpha value is -1.05. The fraction of sp³-hybridized carbons (Fsp3) is 0.500. The van der Waals surface area contributed by atoms with Gasteiger partial charge in [-0.1, -0.05) is 0 Å². The van der Waals surface area contributed by atoms with Gasteiger partial charge in [0.2, 0.25) is 5.54 Å². The molecule has 0 bridgehead atoms. The number of aliphatic hydroxyl groups is 1. The average Bonchev–Trinajstić information content (AvgIpc) is 2.26. The summed E-state index contributed by atoms with van der Waals surface area (Å²) in [4.78, 5) is 23.6. The van der Waals surface area contributed by atoms with Gasteiger partial charge in [-0.05, 0) is 5.57 Å². The quantitative estimate of drug-likeness (QED) is 0.396. The van der Waals surface area contributed by atoms with Gasteiger partial charge in [-0.2, -0.15) is 0 Å². The lowest BCUT2D eigenvalue weighted by Gasteiger charge is -2.51. The van der Waals surface area contributed by atoms with Crippen molar-refractivity contribution < 1.29 is 19.8 Å². The van der Waals surface area contributed by atoms with Crippen LogP contribution < -0.4 is 5.73 Å². The molecule has 4 N–H and O–H groups in total. The van der Waals surface area contributed by atoms with Crippen molar-refractivity contribution in [2.45, 2.75) is 10.9 Å². The first kappa shape index (κ1) is 10.5. The van der Waals surface area contributed by atoms with E-state index in [1.165, 1.54) is 22.9 Å². The number of hydrogen-bond donors (Lipinski definition) is 3. The summed E-state index contributed by atoms with van der Waals surface area (Å²) in [6, 6.07) is 0. The molecule has 82 valence electrons. The number of aliphatic carboxylic acids is 1. The SMILES string of the molecule is N[C@]1(C(=O)O)C(=O)N2C=C(CO)CS[C@H]21. The first-order chi connectivity index (χ1) is 7.01. The summed E-state index contributed by atoms with van der Waals surface area (Å²) in [6.07, 6.45) is 1.48. The summed E-state index contributed by atoms with van der Waals surface area (Å²) in [5, 5.41) is 17.2. The van der Waals surface area contributed by atoms with Crippen LogP contribution in [-0.2, 0) is 9.59 Å². The van der Waals surface area contributed by atoms with Crippen LogP contribution in [0.15, 0.2) is 11.8 Å². The lowest BCUT2D eigenvalue weighted by Crippen LogP contribution is -2.79. The highest BCUT2D eigenvalue weighted by atomic mass is 32.2. The Balaban J connectivity index is 2.26. The molecule has 1 amide bonds. The summed E-state index contributed by atoms with van der Waals surface area (Å²) in [6.45, 7) is -0.131. The number of carboxylic acids is 1. The van der Waals surface area contributed by atoms with Crippen LogP contribution in [0.25, 0.3) is 0 Å². The summed E-state index contributed by atoms with van der Waals surface area (Å²) < 4.78 is 0. The molecule has 0 saturated carbocycles. The van der Waals surface area contributed by atoms with Crippen LogP contribution >= 0.6 is 11.8 Å². The molecule has 0 aromatic carbocycles. The number of β-lactam (4-membered cyclic amide) rings is 1. The fourth-order valence-electron chi connectivity index (χ4n) is 1.62. The third kappa shape index (κ3) is 1.20. The minimum atomic E-state index is -1.80. The van der Waals surface area contributed by atoms with Gasteiger partial charge in [-0.15, -0.1) is 11.8 Å². The third-order valence-electron chi connectivity index (χ3n) is 2.54. The summed E-state index contributed by atoms with van der Waals surface area (Å²) in [5.41, 5.74) is 4.42. The molecule has 2 heterocycles. The first-order valence-electron chi connectivity index (χ1n) is 4.29. The minimum absolute atomic E-state index is 0.131. The molecular formula is C8H10N2O4S. The Kier molecular flexibility index (Phi) is 2.25. The first-order valence-corrected chi connectivity index (χ1v) is 5.33. The van der Waals surface area contributed by atoms with Crippen LogP contribution in [0.4, 0.5) is 0 Å². The largest absolute Gasteiger partial charge is 0.479 e. The topological polar surface area (TPSA) is 104 Å². The Bertz CT molecular complexity index is 370. The van der Waals surface area contributed by atoms with Crippen molar-refractivity contribution >= 4 is 23.6 Å². The number of rotatable bonds is 2. The van der Waals surface area contributed by atoms with E-state index in [1.54, 1.807) is 0 Å². The van der Waals surface area contributed by atoms with Crippen LogP contribution in [0.2, 0.25) is 0 Å². The molecular weight excluding hydrogens is 220 g/mol. The fourth-order valence-corrected chi connectivity index (χ4v) is 2.94. The Labute approximate surface area is 89.7 Å². The van der Waals surface area contributed by atoms with Gasteiger partial charge in [0.15, 0.2) is 0 Å². The van der Waals surface area contributed by atoms with Crippen LogP contribution in [0, 0.1) is 0 Å². The monoisotopic (exact) mass is 230 g/mol. The molecule has 0 unspecified atom stereocenters. The number of fused-ring (bicyclic) bond motifs is 1. The Morgan fingerprint density at radius 1 is 1.80 bits per heavy atom.